The van der Waals surface area contributed by atoms with Crippen molar-refractivity contribution in [1.82, 2.24) is 10.2 Å². The SMILES string of the molecule is O=C(NC1CCCCC1)C(Cc1ccccc1)N(Cc1ccccc1)C(=O)CCc1ccccc1Cl. The van der Waals surface area contributed by atoms with Crippen molar-refractivity contribution in [2.24, 2.45) is 0 Å². The molecule has 1 fully saturated rings. The number of nitrogens with zero attached hydrogens (tertiary/aromatic N) is 1. The lowest BCUT2D eigenvalue weighted by molar-refractivity contribution is -0.141. The summed E-state index contributed by atoms with van der Waals surface area (Å²) in [6.07, 6.45) is 6.80. The predicted octanol–water partition coefficient (Wildman–Crippen LogP) is 6.36. The van der Waals surface area contributed by atoms with Crippen LogP contribution in [0.15, 0.2) is 84.9 Å². The molecule has 1 N–H and O–H groups in total. The Kier molecular flexibility index (Phi) is 9.57. The van der Waals surface area contributed by atoms with Crippen LogP contribution in [0.2, 0.25) is 5.02 Å². The summed E-state index contributed by atoms with van der Waals surface area (Å²) < 4.78 is 0. The van der Waals surface area contributed by atoms with Gasteiger partial charge in [0.15, 0.2) is 0 Å². The maximum Gasteiger partial charge on any atom is 0.243 e. The summed E-state index contributed by atoms with van der Waals surface area (Å²) in [5.74, 6) is -0.105. The zero-order valence-corrected chi connectivity index (χ0v) is 21.5. The Morgan fingerprint density at radius 2 is 1.44 bits per heavy atom. The Balaban J connectivity index is 1.59. The summed E-state index contributed by atoms with van der Waals surface area (Å²) >= 11 is 6.36. The van der Waals surface area contributed by atoms with Crippen molar-refractivity contribution in [3.8, 4) is 0 Å². The van der Waals surface area contributed by atoms with Gasteiger partial charge in [0.2, 0.25) is 11.8 Å². The summed E-state index contributed by atoms with van der Waals surface area (Å²) in [5, 5.41) is 3.95. The van der Waals surface area contributed by atoms with Crippen molar-refractivity contribution < 1.29 is 9.59 Å². The molecule has 0 bridgehead atoms. The maximum absolute atomic E-state index is 13.8. The van der Waals surface area contributed by atoms with E-state index in [1.807, 2.05) is 84.9 Å². The number of nitrogens with one attached hydrogen (secondary N) is 1. The smallest absolute Gasteiger partial charge is 0.243 e. The molecule has 0 spiro atoms. The Morgan fingerprint density at radius 1 is 0.833 bits per heavy atom. The lowest BCUT2D eigenvalue weighted by Gasteiger charge is -2.33. The van der Waals surface area contributed by atoms with E-state index in [9.17, 15) is 9.59 Å². The number of aryl methyl sites for hydroxylation is 1. The van der Waals surface area contributed by atoms with Crippen LogP contribution >= 0.6 is 11.6 Å². The van der Waals surface area contributed by atoms with Gasteiger partial charge in [0.05, 0.1) is 0 Å². The highest BCUT2D eigenvalue weighted by Gasteiger charge is 2.31. The first-order chi connectivity index (χ1) is 17.6. The molecule has 0 aromatic heterocycles. The Morgan fingerprint density at radius 3 is 2.11 bits per heavy atom. The van der Waals surface area contributed by atoms with Crippen LogP contribution in [0.3, 0.4) is 0 Å². The number of halogens is 1. The van der Waals surface area contributed by atoms with Crippen LogP contribution in [-0.4, -0.2) is 28.8 Å². The number of carbonyl (C=O) groups is 2. The van der Waals surface area contributed by atoms with Crippen molar-refractivity contribution in [2.75, 3.05) is 0 Å². The van der Waals surface area contributed by atoms with Crippen LogP contribution in [0.4, 0.5) is 0 Å². The molecule has 1 saturated carbocycles. The third-order valence-corrected chi connectivity index (χ3v) is 7.35. The molecule has 2 amide bonds. The molecular formula is C31H35ClN2O2. The third kappa shape index (κ3) is 7.44. The quantitative estimate of drug-likeness (QED) is 0.350. The van der Waals surface area contributed by atoms with Crippen LogP contribution in [0, 0.1) is 0 Å². The van der Waals surface area contributed by atoms with Gasteiger partial charge in [0.1, 0.15) is 6.04 Å². The van der Waals surface area contributed by atoms with Gasteiger partial charge in [-0.25, -0.2) is 0 Å². The molecule has 1 atom stereocenters. The van der Waals surface area contributed by atoms with E-state index in [1.165, 1.54) is 6.42 Å². The molecule has 36 heavy (non-hydrogen) atoms. The van der Waals surface area contributed by atoms with Gasteiger partial charge in [-0.2, -0.15) is 0 Å². The van der Waals surface area contributed by atoms with Crippen molar-refractivity contribution in [3.05, 3.63) is 107 Å². The van der Waals surface area contributed by atoms with Crippen molar-refractivity contribution in [3.63, 3.8) is 0 Å². The highest BCUT2D eigenvalue weighted by molar-refractivity contribution is 6.31. The summed E-state index contributed by atoms with van der Waals surface area (Å²) in [7, 11) is 0. The van der Waals surface area contributed by atoms with E-state index in [4.69, 9.17) is 11.6 Å². The zero-order valence-electron chi connectivity index (χ0n) is 20.7. The van der Waals surface area contributed by atoms with Gasteiger partial charge in [0, 0.05) is 30.5 Å². The normalized spacial score (nSPS) is 14.7. The molecule has 5 heteroatoms. The van der Waals surface area contributed by atoms with Gasteiger partial charge in [-0.05, 0) is 42.0 Å². The molecule has 3 aromatic carbocycles. The Hall–Kier alpha value is -3.11. The lowest BCUT2D eigenvalue weighted by Crippen LogP contribution is -2.52. The summed E-state index contributed by atoms with van der Waals surface area (Å²) in [5.41, 5.74) is 2.99. The largest absolute Gasteiger partial charge is 0.352 e. The standard InChI is InChI=1S/C31H35ClN2O2/c32-28-19-11-10-16-26(28)20-21-30(35)34(23-25-14-6-2-7-15-25)29(22-24-12-4-1-5-13-24)31(36)33-27-17-8-3-9-18-27/h1-2,4-7,10-16,19,27,29H,3,8-9,17-18,20-23H2,(H,33,36). The zero-order chi connectivity index (χ0) is 25.2. The summed E-state index contributed by atoms with van der Waals surface area (Å²) in [6.45, 7) is 0.387. The first kappa shape index (κ1) is 26.0. The first-order valence-corrected chi connectivity index (χ1v) is 13.4. The number of benzene rings is 3. The highest BCUT2D eigenvalue weighted by atomic mass is 35.5. The Bertz CT molecular complexity index is 1110. The molecular weight excluding hydrogens is 468 g/mol. The topological polar surface area (TPSA) is 49.4 Å². The maximum atomic E-state index is 13.8. The van der Waals surface area contributed by atoms with Crippen LogP contribution in [-0.2, 0) is 29.0 Å². The third-order valence-electron chi connectivity index (χ3n) is 6.98. The molecule has 0 radical (unpaired) electrons. The molecule has 1 unspecified atom stereocenters. The van der Waals surface area contributed by atoms with E-state index in [1.54, 1.807) is 4.90 Å². The highest BCUT2D eigenvalue weighted by Crippen LogP contribution is 2.22. The number of carbonyl (C=O) groups excluding carboxylic acids is 2. The second-order valence-electron chi connectivity index (χ2n) is 9.65. The van der Waals surface area contributed by atoms with Gasteiger partial charge < -0.3 is 10.2 Å². The monoisotopic (exact) mass is 502 g/mol. The molecule has 3 aromatic rings. The average Bonchev–Trinajstić information content (AvgIpc) is 2.91. The van der Waals surface area contributed by atoms with Crippen LogP contribution in [0.25, 0.3) is 0 Å². The van der Waals surface area contributed by atoms with Crippen LogP contribution in [0.5, 0.6) is 0 Å². The van der Waals surface area contributed by atoms with E-state index in [0.717, 1.165) is 42.4 Å². The minimum Gasteiger partial charge on any atom is -0.352 e. The van der Waals surface area contributed by atoms with Gasteiger partial charge >= 0.3 is 0 Å². The molecule has 188 valence electrons. The number of rotatable bonds is 10. The van der Waals surface area contributed by atoms with Crippen LogP contribution in [0.1, 0.15) is 55.2 Å². The fraction of sp³-hybridized carbons (Fsp3) is 0.355. The Labute approximate surface area is 219 Å². The fourth-order valence-corrected chi connectivity index (χ4v) is 5.19. The number of hydrogen-bond donors (Lipinski definition) is 1. The van der Waals surface area contributed by atoms with Crippen molar-refractivity contribution in [2.45, 2.75) is 70.0 Å². The fourth-order valence-electron chi connectivity index (χ4n) is 4.96. The van der Waals surface area contributed by atoms with E-state index in [-0.39, 0.29) is 17.9 Å². The van der Waals surface area contributed by atoms with Crippen molar-refractivity contribution >= 4 is 23.4 Å². The molecule has 1 aliphatic carbocycles. The van der Waals surface area contributed by atoms with Crippen LogP contribution < -0.4 is 5.32 Å². The van der Waals surface area contributed by atoms with Crippen molar-refractivity contribution in [1.29, 1.82) is 0 Å². The first-order valence-electron chi connectivity index (χ1n) is 13.0. The molecule has 0 aliphatic heterocycles. The minimum absolute atomic E-state index is 0.0431. The van der Waals surface area contributed by atoms with Gasteiger partial charge in [-0.1, -0.05) is 110 Å². The van der Waals surface area contributed by atoms with E-state index in [2.05, 4.69) is 5.32 Å². The molecule has 1 aliphatic rings. The van der Waals surface area contributed by atoms with Gasteiger partial charge in [0.25, 0.3) is 0 Å². The summed E-state index contributed by atoms with van der Waals surface area (Å²) in [6, 6.07) is 27.1. The molecule has 0 saturated heterocycles. The molecule has 0 heterocycles. The number of hydrogen-bond acceptors (Lipinski definition) is 2. The average molecular weight is 503 g/mol. The predicted molar refractivity (Wildman–Crippen MR) is 146 cm³/mol. The van der Waals surface area contributed by atoms with E-state index < -0.39 is 6.04 Å². The van der Waals surface area contributed by atoms with E-state index >= 15 is 0 Å². The summed E-state index contributed by atoms with van der Waals surface area (Å²) in [4.78, 5) is 29.3. The van der Waals surface area contributed by atoms with Gasteiger partial charge in [-0.3, -0.25) is 9.59 Å². The second-order valence-corrected chi connectivity index (χ2v) is 10.1. The van der Waals surface area contributed by atoms with Gasteiger partial charge in [-0.15, -0.1) is 0 Å². The molecule has 4 rings (SSSR count). The second kappa shape index (κ2) is 13.3. The molecule has 4 nitrogen and oxygen atoms in total. The number of amides is 2. The lowest BCUT2D eigenvalue weighted by atomic mass is 9.94. The van der Waals surface area contributed by atoms with E-state index in [0.29, 0.717) is 30.8 Å². The minimum atomic E-state index is -0.590.